The smallest absolute Gasteiger partial charge is 0.0726 e. The van der Waals surface area contributed by atoms with E-state index in [1.54, 1.807) is 0 Å². The van der Waals surface area contributed by atoms with Gasteiger partial charge in [0.2, 0.25) is 0 Å². The molecule has 0 radical (unpaired) electrons. The van der Waals surface area contributed by atoms with Gasteiger partial charge in [0.05, 0.1) is 14.2 Å². The number of hydrogen-bond donors (Lipinski definition) is 1. The Labute approximate surface area is 109 Å². The Morgan fingerprint density at radius 3 is 2.12 bits per heavy atom. The number of rotatable bonds is 4. The van der Waals surface area contributed by atoms with E-state index < -0.39 is 16.1 Å². The Morgan fingerprint density at radius 1 is 1.12 bits per heavy atom. The van der Waals surface area contributed by atoms with Crippen molar-refractivity contribution < 1.29 is 5.11 Å². The number of hydrogen-bond acceptors (Lipinski definition) is 1. The van der Waals surface area contributed by atoms with E-state index in [1.807, 2.05) is 0 Å². The van der Waals surface area contributed by atoms with Gasteiger partial charge in [-0.3, -0.25) is 0 Å². The van der Waals surface area contributed by atoms with Gasteiger partial charge in [-0.25, -0.2) is 0 Å². The molecule has 0 bridgehead atoms. The predicted molar refractivity (Wildman–Crippen MR) is 82.7 cm³/mol. The van der Waals surface area contributed by atoms with Crippen LogP contribution in [0.25, 0.3) is 0 Å². The van der Waals surface area contributed by atoms with Gasteiger partial charge in [0.25, 0.3) is 0 Å². The van der Waals surface area contributed by atoms with Crippen molar-refractivity contribution >= 4 is 16.1 Å². The van der Waals surface area contributed by atoms with Crippen molar-refractivity contribution in [3.8, 4) is 0 Å². The highest BCUT2D eigenvalue weighted by Crippen LogP contribution is 2.37. The van der Waals surface area contributed by atoms with Gasteiger partial charge in [-0.05, 0) is 12.8 Å². The number of aliphatic hydroxyl groups is 1. The summed E-state index contributed by atoms with van der Waals surface area (Å²) in [6, 6.07) is 0. The average Bonchev–Trinajstić information content (AvgIpc) is 2.13. The van der Waals surface area contributed by atoms with E-state index in [1.165, 1.54) is 30.1 Å². The van der Waals surface area contributed by atoms with Crippen LogP contribution in [0.3, 0.4) is 0 Å². The second kappa shape index (κ2) is 5.41. The lowest BCUT2D eigenvalue weighted by Gasteiger charge is -2.39. The molecule has 1 rings (SSSR count). The maximum Gasteiger partial charge on any atom is 0.0726 e. The fourth-order valence-electron chi connectivity index (χ4n) is 3.46. The molecule has 1 aliphatic rings. The van der Waals surface area contributed by atoms with Crippen molar-refractivity contribution in [2.24, 2.45) is 5.92 Å². The predicted octanol–water partition coefficient (Wildman–Crippen LogP) is 4.22. The first-order chi connectivity index (χ1) is 7.63. The molecule has 1 fully saturated rings. The van der Waals surface area contributed by atoms with E-state index in [-0.39, 0.29) is 6.10 Å². The monoisotopic (exact) mass is 270 g/mol. The van der Waals surface area contributed by atoms with Gasteiger partial charge in [0.1, 0.15) is 0 Å². The van der Waals surface area contributed by atoms with Crippen LogP contribution in [-0.2, 0) is 0 Å². The fraction of sp³-hybridized carbons (Fsp3) is 0.857. The molecule has 1 nitrogen and oxygen atoms in total. The van der Waals surface area contributed by atoms with Crippen LogP contribution >= 0.6 is 0 Å². The summed E-state index contributed by atoms with van der Waals surface area (Å²) in [6.07, 6.45) is 4.52. The van der Waals surface area contributed by atoms with Gasteiger partial charge < -0.3 is 5.11 Å². The summed E-state index contributed by atoms with van der Waals surface area (Å²) < 4.78 is 0. The van der Waals surface area contributed by atoms with Gasteiger partial charge in [0, 0.05) is 14.0 Å². The van der Waals surface area contributed by atoms with Crippen molar-refractivity contribution in [3.05, 3.63) is 11.8 Å². The molecule has 2 atom stereocenters. The van der Waals surface area contributed by atoms with Crippen molar-refractivity contribution in [2.45, 2.75) is 70.2 Å². The van der Waals surface area contributed by atoms with E-state index >= 15 is 0 Å². The highest BCUT2D eigenvalue weighted by Gasteiger charge is 2.37. The van der Waals surface area contributed by atoms with Crippen LogP contribution < -0.4 is 0 Å². The van der Waals surface area contributed by atoms with E-state index in [2.05, 4.69) is 39.3 Å². The first-order valence-electron chi connectivity index (χ1n) is 7.01. The molecular weight excluding hydrogens is 240 g/mol. The highest BCUT2D eigenvalue weighted by molar-refractivity contribution is 6.98. The lowest BCUT2D eigenvalue weighted by atomic mass is 9.86. The van der Waals surface area contributed by atoms with Crippen LogP contribution in [0.4, 0.5) is 0 Å². The Bertz CT molecular complexity index is 278. The second-order valence-electron chi connectivity index (χ2n) is 7.60. The molecule has 1 N–H and O–H groups in total. The zero-order valence-electron chi connectivity index (χ0n) is 12.3. The molecule has 0 amide bonds. The molecule has 0 aliphatic heterocycles. The molecule has 0 aromatic carbocycles. The molecule has 0 aromatic heterocycles. The highest BCUT2D eigenvalue weighted by atomic mass is 28.4. The largest absolute Gasteiger partial charge is 0.393 e. The minimum absolute atomic E-state index is 0.107. The maximum absolute atomic E-state index is 10.2. The second-order valence-corrected chi connectivity index (χ2v) is 18.6. The van der Waals surface area contributed by atoms with Gasteiger partial charge in [0.15, 0.2) is 0 Å². The van der Waals surface area contributed by atoms with Crippen molar-refractivity contribution in [2.75, 3.05) is 0 Å². The molecule has 0 spiro atoms. The lowest BCUT2D eigenvalue weighted by Crippen LogP contribution is -2.43. The summed E-state index contributed by atoms with van der Waals surface area (Å²) in [6.45, 7) is 16.7. The molecule has 0 aromatic rings. The molecule has 0 saturated heterocycles. The number of aliphatic hydroxyl groups excluding tert-OH is 1. The van der Waals surface area contributed by atoms with Crippen LogP contribution in [-0.4, -0.2) is 27.4 Å². The molecular formula is C14H30OSi2. The Balaban J connectivity index is 2.73. The van der Waals surface area contributed by atoms with Crippen LogP contribution in [0.2, 0.25) is 38.4 Å². The van der Waals surface area contributed by atoms with E-state index in [0.717, 1.165) is 6.42 Å². The molecule has 0 heterocycles. The summed E-state index contributed by atoms with van der Waals surface area (Å²) in [5, 5.41) is 11.6. The fourth-order valence-corrected chi connectivity index (χ4v) is 16.3. The van der Waals surface area contributed by atoms with Gasteiger partial charge in [-0.1, -0.05) is 56.4 Å². The average molecular weight is 271 g/mol. The van der Waals surface area contributed by atoms with Crippen LogP contribution in [0.5, 0.6) is 0 Å². The quantitative estimate of drug-likeness (QED) is 0.758. The third kappa shape index (κ3) is 4.38. The molecule has 1 aliphatic carbocycles. The Hall–Kier alpha value is 0.134. The summed E-state index contributed by atoms with van der Waals surface area (Å²) in [4.78, 5) is 0. The van der Waals surface area contributed by atoms with Crippen molar-refractivity contribution in [1.82, 2.24) is 0 Å². The van der Waals surface area contributed by atoms with Gasteiger partial charge in [-0.15, -0.1) is 6.58 Å². The topological polar surface area (TPSA) is 20.2 Å². The first-order valence-corrected chi connectivity index (χ1v) is 13.9. The minimum atomic E-state index is -1.36. The Morgan fingerprint density at radius 2 is 1.65 bits per heavy atom. The zero-order chi connectivity index (χ0) is 13.3. The summed E-state index contributed by atoms with van der Waals surface area (Å²) in [5.41, 5.74) is 1.40. The van der Waals surface area contributed by atoms with E-state index in [4.69, 9.17) is 0 Å². The van der Waals surface area contributed by atoms with Crippen LogP contribution in [0.1, 0.15) is 25.7 Å². The summed E-state index contributed by atoms with van der Waals surface area (Å²) >= 11 is 0. The molecule has 1 saturated carbocycles. The molecule has 17 heavy (non-hydrogen) atoms. The third-order valence-corrected chi connectivity index (χ3v) is 13.9. The summed E-state index contributed by atoms with van der Waals surface area (Å²) in [7, 11) is -2.39. The van der Waals surface area contributed by atoms with E-state index in [0.29, 0.717) is 5.92 Å². The minimum Gasteiger partial charge on any atom is -0.393 e. The van der Waals surface area contributed by atoms with Gasteiger partial charge in [-0.2, -0.15) is 0 Å². The zero-order valence-corrected chi connectivity index (χ0v) is 14.3. The molecule has 100 valence electrons. The standard InChI is InChI=1S/C14H30OSi2/c1-12(13-9-7-8-10-14(13)15)17(5,6)11-16(2,3)4/h13-15H,1,7-11H2,2-6H3. The first kappa shape index (κ1) is 15.2. The normalized spacial score (nSPS) is 26.9. The van der Waals surface area contributed by atoms with Gasteiger partial charge >= 0.3 is 0 Å². The van der Waals surface area contributed by atoms with Crippen molar-refractivity contribution in [3.63, 3.8) is 0 Å². The SMILES string of the molecule is C=C(C1CCCCC1O)[Si](C)(C)C[Si](C)(C)C. The van der Waals surface area contributed by atoms with Crippen molar-refractivity contribution in [1.29, 1.82) is 0 Å². The molecule has 3 heteroatoms. The maximum atomic E-state index is 10.2. The molecule has 2 unspecified atom stereocenters. The lowest BCUT2D eigenvalue weighted by molar-refractivity contribution is 0.0903. The van der Waals surface area contributed by atoms with Crippen LogP contribution in [0, 0.1) is 5.92 Å². The third-order valence-electron chi connectivity index (χ3n) is 4.02. The summed E-state index contributed by atoms with van der Waals surface area (Å²) in [5.74, 6) is 0.404. The van der Waals surface area contributed by atoms with E-state index in [9.17, 15) is 5.11 Å². The van der Waals surface area contributed by atoms with Crippen LogP contribution in [0.15, 0.2) is 11.8 Å². The Kier molecular flexibility index (Phi) is 4.83.